The van der Waals surface area contributed by atoms with E-state index in [4.69, 9.17) is 0 Å². The molecule has 0 spiro atoms. The number of anilines is 1. The lowest BCUT2D eigenvalue weighted by Gasteiger charge is -2.05. The molecule has 0 unspecified atom stereocenters. The van der Waals surface area contributed by atoms with Crippen LogP contribution in [-0.4, -0.2) is 12.3 Å². The lowest BCUT2D eigenvalue weighted by atomic mass is 10.1. The second kappa shape index (κ2) is 7.04. The van der Waals surface area contributed by atoms with Crippen molar-refractivity contribution in [1.82, 2.24) is 0 Å². The molecule has 0 aliphatic carbocycles. The van der Waals surface area contributed by atoms with Crippen molar-refractivity contribution in [1.29, 1.82) is 0 Å². The highest BCUT2D eigenvalue weighted by Crippen LogP contribution is 2.06. The van der Waals surface area contributed by atoms with Crippen LogP contribution in [0.3, 0.4) is 0 Å². The predicted molar refractivity (Wildman–Crippen MR) is 64.1 cm³/mol. The number of unbranched alkanes of at least 4 members (excludes halogenated alkanes) is 1. The van der Waals surface area contributed by atoms with Gasteiger partial charge in [0.1, 0.15) is 5.78 Å². The van der Waals surface area contributed by atoms with Crippen molar-refractivity contribution in [3.63, 3.8) is 0 Å². The molecule has 0 aliphatic heterocycles. The van der Waals surface area contributed by atoms with Gasteiger partial charge in [0.2, 0.25) is 0 Å². The standard InChI is InChI=1S/C13H19NO/c1-2-13(15)10-6-7-11-14-12-8-4-3-5-9-12/h3-5,8-9,14H,2,6-7,10-11H2,1H3. The number of hydrogen-bond acceptors (Lipinski definition) is 2. The van der Waals surface area contributed by atoms with E-state index in [1.807, 2.05) is 25.1 Å². The molecule has 0 fully saturated rings. The molecule has 0 heterocycles. The predicted octanol–water partition coefficient (Wildman–Crippen LogP) is 3.25. The van der Waals surface area contributed by atoms with Crippen molar-refractivity contribution in [2.24, 2.45) is 0 Å². The van der Waals surface area contributed by atoms with Gasteiger partial charge >= 0.3 is 0 Å². The minimum Gasteiger partial charge on any atom is -0.385 e. The maximum absolute atomic E-state index is 11.0. The fourth-order valence-electron chi connectivity index (χ4n) is 1.41. The number of hydrogen-bond donors (Lipinski definition) is 1. The van der Waals surface area contributed by atoms with Gasteiger partial charge in [-0.25, -0.2) is 0 Å². The highest BCUT2D eigenvalue weighted by Gasteiger charge is 1.97. The Labute approximate surface area is 91.7 Å². The van der Waals surface area contributed by atoms with Crippen LogP contribution in [-0.2, 0) is 4.79 Å². The number of benzene rings is 1. The Morgan fingerprint density at radius 1 is 1.20 bits per heavy atom. The molecule has 1 N–H and O–H groups in total. The van der Waals surface area contributed by atoms with Crippen LogP contribution in [0.2, 0.25) is 0 Å². The third-order valence-electron chi connectivity index (χ3n) is 2.38. The number of para-hydroxylation sites is 1. The Kier molecular flexibility index (Phi) is 5.52. The molecule has 2 nitrogen and oxygen atoms in total. The van der Waals surface area contributed by atoms with Gasteiger partial charge in [-0.1, -0.05) is 25.1 Å². The number of ketones is 1. The molecule has 0 saturated heterocycles. The summed E-state index contributed by atoms with van der Waals surface area (Å²) in [5.41, 5.74) is 1.15. The fourth-order valence-corrected chi connectivity index (χ4v) is 1.41. The molecule has 0 saturated carbocycles. The molecule has 1 aromatic carbocycles. The quantitative estimate of drug-likeness (QED) is 0.692. The summed E-state index contributed by atoms with van der Waals surface area (Å²) in [4.78, 5) is 11.0. The van der Waals surface area contributed by atoms with Gasteiger partial charge < -0.3 is 5.32 Å². The highest BCUT2D eigenvalue weighted by molar-refractivity contribution is 5.77. The van der Waals surface area contributed by atoms with Crippen LogP contribution >= 0.6 is 0 Å². The summed E-state index contributed by atoms with van der Waals surface area (Å²) in [5, 5.41) is 3.33. The van der Waals surface area contributed by atoms with E-state index in [2.05, 4.69) is 17.4 Å². The monoisotopic (exact) mass is 205 g/mol. The Hall–Kier alpha value is -1.31. The van der Waals surface area contributed by atoms with Gasteiger partial charge in [0.15, 0.2) is 0 Å². The Bertz CT molecular complexity index is 282. The van der Waals surface area contributed by atoms with Crippen LogP contribution in [0.1, 0.15) is 32.6 Å². The Morgan fingerprint density at radius 3 is 2.60 bits per heavy atom. The molecular formula is C13H19NO. The third-order valence-corrected chi connectivity index (χ3v) is 2.38. The van der Waals surface area contributed by atoms with E-state index in [1.165, 1.54) is 0 Å². The van der Waals surface area contributed by atoms with Crippen LogP contribution in [0, 0.1) is 0 Å². The minimum atomic E-state index is 0.370. The van der Waals surface area contributed by atoms with E-state index < -0.39 is 0 Å². The topological polar surface area (TPSA) is 29.1 Å². The van der Waals surface area contributed by atoms with Crippen molar-refractivity contribution in [3.05, 3.63) is 30.3 Å². The summed E-state index contributed by atoms with van der Waals surface area (Å²) in [6, 6.07) is 10.1. The van der Waals surface area contributed by atoms with Crippen LogP contribution in [0.15, 0.2) is 30.3 Å². The van der Waals surface area contributed by atoms with Gasteiger partial charge in [0, 0.05) is 25.1 Å². The molecule has 2 heteroatoms. The van der Waals surface area contributed by atoms with Gasteiger partial charge in [-0.2, -0.15) is 0 Å². The number of carbonyl (C=O) groups excluding carboxylic acids is 1. The zero-order valence-corrected chi connectivity index (χ0v) is 9.33. The average Bonchev–Trinajstić information content (AvgIpc) is 2.29. The molecule has 0 aliphatic rings. The summed E-state index contributed by atoms with van der Waals surface area (Å²) in [6.45, 7) is 2.87. The summed E-state index contributed by atoms with van der Waals surface area (Å²) < 4.78 is 0. The SMILES string of the molecule is CCC(=O)CCCCNc1ccccc1. The first-order chi connectivity index (χ1) is 7.33. The first-order valence-electron chi connectivity index (χ1n) is 5.63. The molecule has 0 atom stereocenters. The highest BCUT2D eigenvalue weighted by atomic mass is 16.1. The smallest absolute Gasteiger partial charge is 0.132 e. The van der Waals surface area contributed by atoms with Crippen molar-refractivity contribution in [2.45, 2.75) is 32.6 Å². The summed E-state index contributed by atoms with van der Waals surface area (Å²) in [6.07, 6.45) is 3.45. The van der Waals surface area contributed by atoms with Crippen LogP contribution in [0.25, 0.3) is 0 Å². The summed E-state index contributed by atoms with van der Waals surface area (Å²) in [5.74, 6) is 0.370. The first kappa shape index (κ1) is 11.8. The lowest BCUT2D eigenvalue weighted by molar-refractivity contribution is -0.118. The number of Topliss-reactive ketones (excluding diaryl/α,β-unsaturated/α-hetero) is 1. The van der Waals surface area contributed by atoms with E-state index in [0.717, 1.165) is 31.5 Å². The summed E-state index contributed by atoms with van der Waals surface area (Å²) in [7, 11) is 0. The van der Waals surface area contributed by atoms with Gasteiger partial charge in [0.25, 0.3) is 0 Å². The van der Waals surface area contributed by atoms with E-state index in [-0.39, 0.29) is 0 Å². The van der Waals surface area contributed by atoms with Crippen molar-refractivity contribution in [3.8, 4) is 0 Å². The Balaban J connectivity index is 2.05. The summed E-state index contributed by atoms with van der Waals surface area (Å²) >= 11 is 0. The van der Waals surface area contributed by atoms with Crippen LogP contribution in [0.5, 0.6) is 0 Å². The number of nitrogens with one attached hydrogen (secondary N) is 1. The molecule has 15 heavy (non-hydrogen) atoms. The fraction of sp³-hybridized carbons (Fsp3) is 0.462. The van der Waals surface area contributed by atoms with Crippen molar-refractivity contribution < 1.29 is 4.79 Å². The zero-order valence-electron chi connectivity index (χ0n) is 9.33. The Morgan fingerprint density at radius 2 is 1.93 bits per heavy atom. The molecule has 0 aromatic heterocycles. The van der Waals surface area contributed by atoms with E-state index in [9.17, 15) is 4.79 Å². The zero-order chi connectivity index (χ0) is 10.9. The molecule has 0 amide bonds. The second-order valence-electron chi connectivity index (χ2n) is 3.64. The van der Waals surface area contributed by atoms with Crippen LogP contribution < -0.4 is 5.32 Å². The van der Waals surface area contributed by atoms with Crippen LogP contribution in [0.4, 0.5) is 5.69 Å². The van der Waals surface area contributed by atoms with Crippen molar-refractivity contribution >= 4 is 11.5 Å². The minimum absolute atomic E-state index is 0.370. The average molecular weight is 205 g/mol. The van der Waals surface area contributed by atoms with E-state index in [0.29, 0.717) is 12.2 Å². The first-order valence-corrected chi connectivity index (χ1v) is 5.63. The largest absolute Gasteiger partial charge is 0.385 e. The number of rotatable bonds is 7. The molecule has 0 bridgehead atoms. The second-order valence-corrected chi connectivity index (χ2v) is 3.64. The molecular weight excluding hydrogens is 186 g/mol. The van der Waals surface area contributed by atoms with E-state index >= 15 is 0 Å². The molecule has 0 radical (unpaired) electrons. The van der Waals surface area contributed by atoms with Gasteiger partial charge in [-0.05, 0) is 25.0 Å². The lowest BCUT2D eigenvalue weighted by Crippen LogP contribution is -2.02. The number of carbonyl (C=O) groups is 1. The van der Waals surface area contributed by atoms with E-state index in [1.54, 1.807) is 0 Å². The normalized spacial score (nSPS) is 9.93. The van der Waals surface area contributed by atoms with Gasteiger partial charge in [-0.15, -0.1) is 0 Å². The van der Waals surface area contributed by atoms with Crippen molar-refractivity contribution in [2.75, 3.05) is 11.9 Å². The maximum Gasteiger partial charge on any atom is 0.132 e. The molecule has 82 valence electrons. The van der Waals surface area contributed by atoms with Gasteiger partial charge in [0.05, 0.1) is 0 Å². The maximum atomic E-state index is 11.0. The van der Waals surface area contributed by atoms with Gasteiger partial charge in [-0.3, -0.25) is 4.79 Å². The molecule has 1 rings (SSSR count). The molecule has 1 aromatic rings. The third kappa shape index (κ3) is 5.21.